The summed E-state index contributed by atoms with van der Waals surface area (Å²) in [6.45, 7) is 12.6. The summed E-state index contributed by atoms with van der Waals surface area (Å²) >= 11 is 0. The predicted octanol–water partition coefficient (Wildman–Crippen LogP) is 5.94. The summed E-state index contributed by atoms with van der Waals surface area (Å²) in [5.74, 6) is 0. The molecule has 0 aromatic carbocycles. The van der Waals surface area contributed by atoms with Crippen molar-refractivity contribution in [1.29, 1.82) is 0 Å². The van der Waals surface area contributed by atoms with Crippen molar-refractivity contribution in [3.8, 4) is 0 Å². The van der Waals surface area contributed by atoms with Crippen molar-refractivity contribution in [3.63, 3.8) is 0 Å². The van der Waals surface area contributed by atoms with Gasteiger partial charge in [-0.15, -0.1) is 0 Å². The molecule has 1 aromatic heterocycles. The smallest absolute Gasteiger partial charge is 0.257 e. The molecule has 1 heterocycles. The molecule has 1 rings (SSSR count). The lowest BCUT2D eigenvalue weighted by Crippen LogP contribution is -2.08. The molecule has 0 radical (unpaired) electrons. The number of halogens is 3. The van der Waals surface area contributed by atoms with Crippen LogP contribution in [0.3, 0.4) is 0 Å². The quantitative estimate of drug-likeness (QED) is 0.375. The van der Waals surface area contributed by atoms with Crippen LogP contribution >= 0.6 is 0 Å². The Bertz CT molecular complexity index is 850. The van der Waals surface area contributed by atoms with E-state index in [4.69, 9.17) is 0 Å². The van der Waals surface area contributed by atoms with Gasteiger partial charge in [0.25, 0.3) is 6.43 Å². The summed E-state index contributed by atoms with van der Waals surface area (Å²) in [5, 5.41) is 8.62. The van der Waals surface area contributed by atoms with Crippen LogP contribution in [0, 0.1) is 6.92 Å². The van der Waals surface area contributed by atoms with Crippen molar-refractivity contribution < 1.29 is 13.3 Å². The van der Waals surface area contributed by atoms with E-state index < -0.39 is 6.43 Å². The van der Waals surface area contributed by atoms with Crippen LogP contribution in [-0.4, -0.2) is 24.2 Å². The standard InChI is InChI=1S/C22H27F3N4/c1-6-26-16(3)8-7-15(2)21-13-20(14-27-18(21)5)29-17(4)19(11-12-28-25)9-10-22(23)24/h7-14,22,26,29H,4,6H2,1-3,5H3/b10-9+,15-7+,16-8+,19-11+,28-12?. The summed E-state index contributed by atoms with van der Waals surface area (Å²) in [6.07, 6.45) is 6.93. The Morgan fingerprint density at radius 3 is 2.62 bits per heavy atom. The molecule has 2 N–H and O–H groups in total. The monoisotopic (exact) mass is 404 g/mol. The van der Waals surface area contributed by atoms with Gasteiger partial charge in [-0.05, 0) is 63.1 Å². The zero-order valence-electron chi connectivity index (χ0n) is 17.1. The maximum Gasteiger partial charge on any atom is 0.257 e. The molecule has 0 aliphatic heterocycles. The molecule has 0 saturated carbocycles. The minimum atomic E-state index is -2.63. The number of aromatic nitrogens is 1. The predicted molar refractivity (Wildman–Crippen MR) is 116 cm³/mol. The minimum Gasteiger partial charge on any atom is -0.389 e. The highest BCUT2D eigenvalue weighted by atomic mass is 19.3. The molecule has 0 saturated heterocycles. The van der Waals surface area contributed by atoms with Gasteiger partial charge in [-0.25, -0.2) is 8.78 Å². The second-order valence-corrected chi connectivity index (χ2v) is 6.25. The van der Waals surface area contributed by atoms with Crippen LogP contribution in [-0.2, 0) is 0 Å². The Hall–Kier alpha value is -3.09. The first-order valence-electron chi connectivity index (χ1n) is 9.11. The normalized spacial score (nSPS) is 13.6. The maximum atomic E-state index is 12.5. The molecule has 0 bridgehead atoms. The molecule has 0 atom stereocenters. The molecule has 0 amide bonds. The molecular weight excluding hydrogens is 377 g/mol. The van der Waals surface area contributed by atoms with Crippen molar-refractivity contribution in [1.82, 2.24) is 10.3 Å². The largest absolute Gasteiger partial charge is 0.389 e. The fraction of sp³-hybridized carbons (Fsp3) is 0.273. The third-order valence-electron chi connectivity index (χ3n) is 3.93. The van der Waals surface area contributed by atoms with Gasteiger partial charge < -0.3 is 10.6 Å². The highest BCUT2D eigenvalue weighted by Gasteiger charge is 2.07. The van der Waals surface area contributed by atoms with E-state index in [1.54, 1.807) is 6.20 Å². The van der Waals surface area contributed by atoms with E-state index in [1.165, 1.54) is 6.08 Å². The first kappa shape index (κ1) is 23.9. The van der Waals surface area contributed by atoms with Crippen LogP contribution in [0.2, 0.25) is 0 Å². The number of anilines is 1. The second kappa shape index (κ2) is 12.4. The summed E-state index contributed by atoms with van der Waals surface area (Å²) in [5.41, 5.74) is 5.05. The van der Waals surface area contributed by atoms with E-state index in [0.717, 1.165) is 41.4 Å². The van der Waals surface area contributed by atoms with Gasteiger partial charge in [0.2, 0.25) is 0 Å². The topological polar surface area (TPSA) is 49.3 Å². The van der Waals surface area contributed by atoms with E-state index in [-0.39, 0.29) is 5.57 Å². The molecule has 1 aromatic rings. The fourth-order valence-corrected chi connectivity index (χ4v) is 2.47. The molecule has 0 spiro atoms. The van der Waals surface area contributed by atoms with Crippen LogP contribution in [0.1, 0.15) is 32.0 Å². The van der Waals surface area contributed by atoms with E-state index in [1.807, 2.05) is 45.9 Å². The van der Waals surface area contributed by atoms with Gasteiger partial charge in [0, 0.05) is 29.2 Å². The Balaban J connectivity index is 3.11. The van der Waals surface area contributed by atoms with E-state index in [2.05, 4.69) is 27.4 Å². The highest BCUT2D eigenvalue weighted by molar-refractivity contribution is 5.75. The summed E-state index contributed by atoms with van der Waals surface area (Å²) in [7, 11) is 0. The fourth-order valence-electron chi connectivity index (χ4n) is 2.47. The first-order valence-corrected chi connectivity index (χ1v) is 9.11. The summed E-state index contributed by atoms with van der Waals surface area (Å²) in [6, 6.07) is 1.90. The molecule has 4 nitrogen and oxygen atoms in total. The number of alkyl halides is 2. The van der Waals surface area contributed by atoms with Crippen molar-refractivity contribution >= 4 is 17.5 Å². The van der Waals surface area contributed by atoms with E-state index in [9.17, 15) is 13.3 Å². The van der Waals surface area contributed by atoms with Gasteiger partial charge in [0.05, 0.1) is 18.1 Å². The van der Waals surface area contributed by atoms with Gasteiger partial charge in [0.1, 0.15) is 0 Å². The van der Waals surface area contributed by atoms with Crippen LogP contribution in [0.25, 0.3) is 5.57 Å². The molecule has 0 aliphatic rings. The van der Waals surface area contributed by atoms with Gasteiger partial charge in [-0.2, -0.15) is 0 Å². The molecule has 29 heavy (non-hydrogen) atoms. The zero-order chi connectivity index (χ0) is 21.8. The summed E-state index contributed by atoms with van der Waals surface area (Å²) in [4.78, 5) is 4.39. The van der Waals surface area contributed by atoms with Crippen molar-refractivity contribution in [2.45, 2.75) is 34.1 Å². The molecule has 156 valence electrons. The van der Waals surface area contributed by atoms with Gasteiger partial charge >= 0.3 is 0 Å². The Labute approximate surface area is 170 Å². The number of hydrogen-bond donors (Lipinski definition) is 2. The number of hydrogen-bond acceptors (Lipinski definition) is 4. The average molecular weight is 404 g/mol. The lowest BCUT2D eigenvalue weighted by Gasteiger charge is -2.13. The van der Waals surface area contributed by atoms with Crippen LogP contribution in [0.5, 0.6) is 0 Å². The number of aryl methyl sites for hydroxylation is 1. The van der Waals surface area contributed by atoms with Gasteiger partial charge in [-0.1, -0.05) is 28.4 Å². The SMILES string of the molecule is C=C(Nc1cnc(C)c(/C(C)=C/C=C(\C)NCC)c1)C(/C=C/C(F)F)=C/C=NF. The Morgan fingerprint density at radius 2 is 2.00 bits per heavy atom. The molecule has 0 aliphatic carbocycles. The highest BCUT2D eigenvalue weighted by Crippen LogP contribution is 2.23. The lowest BCUT2D eigenvalue weighted by atomic mass is 10.0. The first-order chi connectivity index (χ1) is 13.8. The van der Waals surface area contributed by atoms with Gasteiger partial charge in [-0.3, -0.25) is 4.98 Å². The third-order valence-corrected chi connectivity index (χ3v) is 3.93. The van der Waals surface area contributed by atoms with Crippen LogP contribution in [0.4, 0.5) is 18.9 Å². The Morgan fingerprint density at radius 1 is 1.28 bits per heavy atom. The van der Waals surface area contributed by atoms with Crippen molar-refractivity contribution in [2.75, 3.05) is 11.9 Å². The molecule has 7 heteroatoms. The molecule has 0 unspecified atom stereocenters. The lowest BCUT2D eigenvalue weighted by molar-refractivity contribution is 0.204. The number of nitrogens with one attached hydrogen (secondary N) is 2. The van der Waals surface area contributed by atoms with Crippen LogP contribution < -0.4 is 10.6 Å². The summed E-state index contributed by atoms with van der Waals surface area (Å²) < 4.78 is 37.0. The molecular formula is C22H27F3N4. The maximum absolute atomic E-state index is 12.5. The number of pyridine rings is 1. The van der Waals surface area contributed by atoms with Crippen molar-refractivity contribution in [2.24, 2.45) is 5.21 Å². The van der Waals surface area contributed by atoms with E-state index in [0.29, 0.717) is 17.5 Å². The van der Waals surface area contributed by atoms with Crippen LogP contribution in [0.15, 0.2) is 71.4 Å². The zero-order valence-corrected chi connectivity index (χ0v) is 17.1. The molecule has 0 fully saturated rings. The number of nitrogens with zero attached hydrogens (tertiary/aromatic N) is 2. The van der Waals surface area contributed by atoms with Crippen molar-refractivity contribution in [3.05, 3.63) is 77.4 Å². The Kier molecular flexibility index (Phi) is 10.2. The number of rotatable bonds is 10. The number of allylic oxidation sites excluding steroid dienone is 7. The minimum absolute atomic E-state index is 0.269. The second-order valence-electron chi connectivity index (χ2n) is 6.25. The van der Waals surface area contributed by atoms with Gasteiger partial charge in [0.15, 0.2) is 0 Å². The third kappa shape index (κ3) is 8.64. The average Bonchev–Trinajstić information content (AvgIpc) is 2.67. The van der Waals surface area contributed by atoms with E-state index >= 15 is 0 Å².